The molecule has 1 aliphatic heterocycles. The Morgan fingerprint density at radius 1 is 1.26 bits per heavy atom. The van der Waals surface area contributed by atoms with Crippen LogP contribution in [0.4, 0.5) is 5.95 Å². The number of hydrogen-bond donors (Lipinski definition) is 2. The van der Waals surface area contributed by atoms with Gasteiger partial charge in [-0.25, -0.2) is 27.7 Å². The average Bonchev–Trinajstić information content (AvgIpc) is 3.29. The van der Waals surface area contributed by atoms with E-state index in [4.69, 9.17) is 11.6 Å². The van der Waals surface area contributed by atoms with Crippen LogP contribution in [0, 0.1) is 11.3 Å². The third-order valence-electron chi connectivity index (χ3n) is 5.66. The summed E-state index contributed by atoms with van der Waals surface area (Å²) in [6, 6.07) is 7.96. The van der Waals surface area contributed by atoms with Crippen LogP contribution >= 0.6 is 11.6 Å². The van der Waals surface area contributed by atoms with Crippen LogP contribution in [0.1, 0.15) is 24.0 Å². The molecule has 0 radical (unpaired) electrons. The molecule has 1 aromatic carbocycles. The van der Waals surface area contributed by atoms with Gasteiger partial charge in [0.25, 0.3) is 0 Å². The van der Waals surface area contributed by atoms with E-state index in [0.717, 1.165) is 11.3 Å². The van der Waals surface area contributed by atoms with Crippen LogP contribution in [-0.4, -0.2) is 64.7 Å². The molecular weight excluding hydrogens is 476 g/mol. The highest BCUT2D eigenvalue weighted by atomic mass is 35.5. The maximum atomic E-state index is 11.7. The lowest BCUT2D eigenvalue weighted by atomic mass is 10.1. The quantitative estimate of drug-likeness (QED) is 0.506. The third-order valence-corrected chi connectivity index (χ3v) is 7.27. The Labute approximate surface area is 203 Å². The van der Waals surface area contributed by atoms with Gasteiger partial charge in [-0.1, -0.05) is 17.7 Å². The summed E-state index contributed by atoms with van der Waals surface area (Å²) in [6.45, 7) is 1.60. The molecule has 0 saturated carbocycles. The number of nitrogens with one attached hydrogen (secondary N) is 2. The fraction of sp³-hybridized carbons (Fsp3) is 0.364. The lowest BCUT2D eigenvalue weighted by molar-refractivity contribution is 0.331. The normalized spacial score (nSPS) is 15.2. The molecule has 0 amide bonds. The van der Waals surface area contributed by atoms with Crippen LogP contribution in [-0.2, 0) is 16.6 Å². The van der Waals surface area contributed by atoms with E-state index in [1.165, 1.54) is 16.8 Å². The van der Waals surface area contributed by atoms with Crippen LogP contribution < -0.4 is 10.6 Å². The molecule has 2 aromatic heterocycles. The van der Waals surface area contributed by atoms with Crippen LogP contribution in [0.15, 0.2) is 36.9 Å². The van der Waals surface area contributed by atoms with Crippen molar-refractivity contribution < 1.29 is 8.42 Å². The Morgan fingerprint density at radius 3 is 2.68 bits per heavy atom. The van der Waals surface area contributed by atoms with Crippen molar-refractivity contribution in [3.05, 3.63) is 53.1 Å². The number of sulfonamides is 1. The predicted molar refractivity (Wildman–Crippen MR) is 130 cm³/mol. The van der Waals surface area contributed by atoms with E-state index < -0.39 is 10.0 Å². The summed E-state index contributed by atoms with van der Waals surface area (Å²) in [7, 11) is -1.31. The van der Waals surface area contributed by atoms with Gasteiger partial charge in [-0.2, -0.15) is 5.26 Å². The van der Waals surface area contributed by atoms with Gasteiger partial charge in [0.05, 0.1) is 28.7 Å². The molecule has 3 aromatic rings. The lowest BCUT2D eigenvalue weighted by Crippen LogP contribution is -2.42. The fourth-order valence-corrected chi connectivity index (χ4v) is 5.07. The zero-order valence-electron chi connectivity index (χ0n) is 18.9. The molecule has 4 rings (SSSR count). The van der Waals surface area contributed by atoms with E-state index in [1.807, 2.05) is 25.2 Å². The van der Waals surface area contributed by atoms with Crippen molar-refractivity contribution in [3.63, 3.8) is 0 Å². The van der Waals surface area contributed by atoms with Crippen molar-refractivity contribution in [2.24, 2.45) is 0 Å². The average molecular weight is 501 g/mol. The van der Waals surface area contributed by atoms with E-state index in [2.05, 4.69) is 31.7 Å². The molecule has 178 valence electrons. The molecule has 0 atom stereocenters. The van der Waals surface area contributed by atoms with Gasteiger partial charge in [-0.05, 0) is 37.6 Å². The minimum absolute atomic E-state index is 0.0336. The molecule has 1 saturated heterocycles. The van der Waals surface area contributed by atoms with Gasteiger partial charge < -0.3 is 15.2 Å². The summed E-state index contributed by atoms with van der Waals surface area (Å²) in [4.78, 5) is 13.3. The molecule has 10 nitrogen and oxygen atoms in total. The van der Waals surface area contributed by atoms with E-state index in [9.17, 15) is 13.7 Å². The molecule has 0 bridgehead atoms. The summed E-state index contributed by atoms with van der Waals surface area (Å²) >= 11 is 6.48. The highest BCUT2D eigenvalue weighted by molar-refractivity contribution is 7.88. The second kappa shape index (κ2) is 10.1. The molecule has 0 unspecified atom stereocenters. The molecule has 12 heteroatoms. The minimum Gasteiger partial charge on any atom is -0.351 e. The number of halogens is 1. The smallest absolute Gasteiger partial charge is 0.223 e. The molecular formula is C22H25ClN8O2S. The Bertz CT molecular complexity index is 1330. The van der Waals surface area contributed by atoms with Gasteiger partial charge in [-0.15, -0.1) is 0 Å². The van der Waals surface area contributed by atoms with Crippen molar-refractivity contribution in [1.82, 2.24) is 29.1 Å². The molecule has 0 spiro atoms. The first kappa shape index (κ1) is 24.1. The minimum atomic E-state index is -3.19. The van der Waals surface area contributed by atoms with Gasteiger partial charge >= 0.3 is 0 Å². The van der Waals surface area contributed by atoms with Crippen LogP contribution in [0.3, 0.4) is 0 Å². The second-order valence-corrected chi connectivity index (χ2v) is 10.5. The first-order chi connectivity index (χ1) is 16.3. The lowest BCUT2D eigenvalue weighted by Gasteiger charge is -2.30. The molecule has 34 heavy (non-hydrogen) atoms. The van der Waals surface area contributed by atoms with Gasteiger partial charge in [0.15, 0.2) is 0 Å². The zero-order chi connectivity index (χ0) is 24.3. The van der Waals surface area contributed by atoms with Crippen molar-refractivity contribution in [1.29, 1.82) is 5.26 Å². The van der Waals surface area contributed by atoms with E-state index in [0.29, 0.717) is 60.4 Å². The molecule has 1 fully saturated rings. The Balaban J connectivity index is 1.54. The maximum Gasteiger partial charge on any atom is 0.223 e. The second-order valence-electron chi connectivity index (χ2n) is 8.13. The number of aromatic nitrogens is 4. The van der Waals surface area contributed by atoms with E-state index in [1.54, 1.807) is 17.1 Å². The number of piperidine rings is 1. The van der Waals surface area contributed by atoms with Crippen LogP contribution in [0.5, 0.6) is 0 Å². The molecule has 3 heterocycles. The van der Waals surface area contributed by atoms with Gasteiger partial charge in [0.1, 0.15) is 23.8 Å². The third kappa shape index (κ3) is 5.37. The van der Waals surface area contributed by atoms with Gasteiger partial charge in [-0.3, -0.25) is 0 Å². The Morgan fingerprint density at radius 2 is 2.03 bits per heavy atom. The zero-order valence-corrected chi connectivity index (χ0v) is 20.4. The number of rotatable bonds is 7. The largest absolute Gasteiger partial charge is 0.351 e. The van der Waals surface area contributed by atoms with E-state index >= 15 is 0 Å². The highest BCUT2D eigenvalue weighted by Gasteiger charge is 2.25. The monoisotopic (exact) mass is 500 g/mol. The predicted octanol–water partition coefficient (Wildman–Crippen LogP) is 2.41. The van der Waals surface area contributed by atoms with Crippen molar-refractivity contribution in [2.75, 3.05) is 31.7 Å². The summed E-state index contributed by atoms with van der Waals surface area (Å²) in [5.41, 5.74) is 3.07. The number of anilines is 1. The number of hydrogen-bond acceptors (Lipinski definition) is 8. The molecule has 2 N–H and O–H groups in total. The standard InChI is InChI=1S/C22H25ClN8O2S/c1-25-11-15-3-4-20(18(23)9-15)30-13-19(27-14-30)21-16(10-24)12-26-22(29-21)28-17-5-7-31(8-6-17)34(2,32)33/h3-4,9,12-14,17,25H,5-8,11H2,1-2H3,(H,26,28,29). The van der Waals surface area contributed by atoms with Crippen molar-refractivity contribution >= 4 is 27.6 Å². The number of nitriles is 1. The fourth-order valence-electron chi connectivity index (χ4n) is 3.89. The summed E-state index contributed by atoms with van der Waals surface area (Å²) in [5.74, 6) is 0.371. The number of benzene rings is 1. The maximum absolute atomic E-state index is 11.7. The Kier molecular flexibility index (Phi) is 7.13. The first-order valence-corrected chi connectivity index (χ1v) is 13.0. The van der Waals surface area contributed by atoms with Crippen molar-refractivity contribution in [3.8, 4) is 23.1 Å². The SMILES string of the molecule is CNCc1ccc(-n2cnc(-c3nc(NC4CCN(S(C)(=O)=O)CC4)ncc3C#N)c2)c(Cl)c1. The van der Waals surface area contributed by atoms with Gasteiger partial charge in [0, 0.05) is 31.9 Å². The topological polar surface area (TPSA) is 129 Å². The van der Waals surface area contributed by atoms with Crippen molar-refractivity contribution in [2.45, 2.75) is 25.4 Å². The summed E-state index contributed by atoms with van der Waals surface area (Å²) in [6.07, 6.45) is 7.38. The Hall–Kier alpha value is -3.04. The van der Waals surface area contributed by atoms with Crippen LogP contribution in [0.2, 0.25) is 5.02 Å². The number of nitrogens with zero attached hydrogens (tertiary/aromatic N) is 6. The van der Waals surface area contributed by atoms with E-state index in [-0.39, 0.29) is 6.04 Å². The first-order valence-electron chi connectivity index (χ1n) is 10.7. The summed E-state index contributed by atoms with van der Waals surface area (Å²) in [5, 5.41) is 16.5. The highest BCUT2D eigenvalue weighted by Crippen LogP contribution is 2.26. The van der Waals surface area contributed by atoms with Crippen LogP contribution in [0.25, 0.3) is 17.1 Å². The summed E-state index contributed by atoms with van der Waals surface area (Å²) < 4.78 is 26.7. The molecule has 0 aliphatic carbocycles. The number of imidazole rings is 1. The molecule has 1 aliphatic rings. The van der Waals surface area contributed by atoms with Gasteiger partial charge in [0.2, 0.25) is 16.0 Å².